The monoisotopic (exact) mass is 527 g/mol. The average molecular weight is 528 g/mol. The summed E-state index contributed by atoms with van der Waals surface area (Å²) >= 11 is 6.32. The smallest absolute Gasteiger partial charge is 0.404 e. The molecule has 0 radical (unpaired) electrons. The maximum absolute atomic E-state index is 14.3. The number of rotatable bonds is 9. The largest absolute Gasteiger partial charge is 0.434 e. The third-order valence-electron chi connectivity index (χ3n) is 5.18. The number of allylic oxidation sites excluding steroid dienone is 5. The summed E-state index contributed by atoms with van der Waals surface area (Å²) in [6, 6.07) is 8.40. The van der Waals surface area contributed by atoms with Gasteiger partial charge in [0.1, 0.15) is 0 Å². The molecule has 0 atom stereocenters. The van der Waals surface area contributed by atoms with Crippen LogP contribution in [0.15, 0.2) is 101 Å². The summed E-state index contributed by atoms with van der Waals surface area (Å²) in [6.45, 7) is 11.1. The van der Waals surface area contributed by atoms with E-state index in [4.69, 9.17) is 17.3 Å². The van der Waals surface area contributed by atoms with Crippen LogP contribution >= 0.6 is 11.6 Å². The van der Waals surface area contributed by atoms with Crippen LogP contribution in [0.3, 0.4) is 0 Å². The molecule has 0 aliphatic rings. The number of nitrogens with two attached hydrogens (primary N) is 1. The lowest BCUT2D eigenvalue weighted by Crippen LogP contribution is -2.29. The molecule has 3 N–H and O–H groups in total. The minimum Gasteiger partial charge on any atom is -0.404 e. The van der Waals surface area contributed by atoms with Crippen LogP contribution < -0.4 is 11.1 Å². The van der Waals surface area contributed by atoms with Gasteiger partial charge in [0.05, 0.1) is 34.3 Å². The van der Waals surface area contributed by atoms with Gasteiger partial charge in [-0.25, -0.2) is 4.99 Å². The Balaban J connectivity index is 1.99. The van der Waals surface area contributed by atoms with Gasteiger partial charge in [-0.2, -0.15) is 28.2 Å². The van der Waals surface area contributed by atoms with E-state index in [1.54, 1.807) is 37.3 Å². The maximum Gasteiger partial charge on any atom is 0.434 e. The van der Waals surface area contributed by atoms with Crippen LogP contribution in [0.2, 0.25) is 0 Å². The molecule has 0 amide bonds. The van der Waals surface area contributed by atoms with Crippen LogP contribution in [-0.2, 0) is 6.42 Å². The topological polar surface area (TPSA) is 94.0 Å². The number of aliphatic imine (C=N–C) groups is 1. The molecule has 0 aliphatic heterocycles. The Bertz CT molecular complexity index is 1430. The van der Waals surface area contributed by atoms with Gasteiger partial charge in [0.25, 0.3) is 0 Å². The number of fused-ring (bicyclic) bond motifs is 1. The molecule has 1 aromatic carbocycles. The van der Waals surface area contributed by atoms with Crippen LogP contribution in [0.25, 0.3) is 16.6 Å². The first-order chi connectivity index (χ1) is 17.6. The zero-order chi connectivity index (χ0) is 27.2. The van der Waals surface area contributed by atoms with Crippen LogP contribution in [0.4, 0.5) is 18.9 Å². The van der Waals surface area contributed by atoms with E-state index in [0.29, 0.717) is 28.7 Å². The normalized spacial score (nSPS) is 13.7. The summed E-state index contributed by atoms with van der Waals surface area (Å²) in [5, 5.41) is 11.4. The van der Waals surface area contributed by atoms with Crippen LogP contribution in [0.1, 0.15) is 19.5 Å². The van der Waals surface area contributed by atoms with Crippen molar-refractivity contribution in [2.24, 2.45) is 10.7 Å². The number of nitrogens with one attached hydrogen (secondary N) is 1. The molecule has 0 unspecified atom stereocenters. The van der Waals surface area contributed by atoms with Crippen molar-refractivity contribution in [1.29, 1.82) is 0 Å². The third kappa shape index (κ3) is 6.53. The van der Waals surface area contributed by atoms with Gasteiger partial charge in [-0.15, -0.1) is 0 Å². The quantitative estimate of drug-likeness (QED) is 0.256. The molecule has 2 aromatic heterocycles. The molecule has 2 heterocycles. The molecule has 3 aromatic rings. The lowest BCUT2D eigenvalue weighted by atomic mass is 10.1. The number of alkyl halides is 3. The summed E-state index contributed by atoms with van der Waals surface area (Å²) in [5.74, 6) is 0. The second-order valence-electron chi connectivity index (χ2n) is 7.65. The fourth-order valence-electron chi connectivity index (χ4n) is 3.31. The highest BCUT2D eigenvalue weighted by Gasteiger charge is 2.39. The van der Waals surface area contributed by atoms with Crippen molar-refractivity contribution in [3.63, 3.8) is 0 Å². The van der Waals surface area contributed by atoms with Crippen molar-refractivity contribution in [1.82, 2.24) is 25.3 Å². The van der Waals surface area contributed by atoms with E-state index >= 15 is 0 Å². The Morgan fingerprint density at radius 1 is 1.22 bits per heavy atom. The van der Waals surface area contributed by atoms with Crippen molar-refractivity contribution in [3.8, 4) is 0 Å². The molecular weight excluding hydrogens is 503 g/mol. The first-order valence-corrected chi connectivity index (χ1v) is 11.5. The Kier molecular flexibility index (Phi) is 8.67. The highest BCUT2D eigenvalue weighted by molar-refractivity contribution is 6.35. The zero-order valence-corrected chi connectivity index (χ0v) is 21.0. The lowest BCUT2D eigenvalue weighted by Gasteiger charge is -2.18. The molecule has 0 aliphatic carbocycles. The fourth-order valence-corrected chi connectivity index (χ4v) is 3.50. The predicted octanol–water partition coefficient (Wildman–Crippen LogP) is 6.17. The van der Waals surface area contributed by atoms with Gasteiger partial charge < -0.3 is 11.1 Å². The van der Waals surface area contributed by atoms with Crippen molar-refractivity contribution in [2.75, 3.05) is 0 Å². The van der Waals surface area contributed by atoms with Gasteiger partial charge in [0.15, 0.2) is 5.71 Å². The van der Waals surface area contributed by atoms with E-state index in [1.165, 1.54) is 29.3 Å². The Hall–Kier alpha value is -4.18. The number of benzene rings is 1. The van der Waals surface area contributed by atoms with Gasteiger partial charge in [-0.05, 0) is 31.6 Å². The van der Waals surface area contributed by atoms with Crippen molar-refractivity contribution in [3.05, 3.63) is 102 Å². The van der Waals surface area contributed by atoms with Gasteiger partial charge in [-0.3, -0.25) is 4.98 Å². The molecule has 7 nitrogen and oxygen atoms in total. The molecule has 0 fully saturated rings. The Morgan fingerprint density at radius 2 is 1.89 bits per heavy atom. The SMILES string of the molecule is C=C(NC(=C/C)/C=C(/Cl)C(=C)n1nccn1)C(=CN)C(=Nc1cc(CC)nc2ccccc12)C(F)(F)F. The fraction of sp³-hybridized carbons (Fsp3) is 0.154. The Labute approximate surface area is 217 Å². The second kappa shape index (κ2) is 11.7. The number of aromatic nitrogens is 4. The number of nitrogens with zero attached hydrogens (tertiary/aromatic N) is 5. The number of hydrogen-bond donors (Lipinski definition) is 2. The van der Waals surface area contributed by atoms with E-state index in [2.05, 4.69) is 38.6 Å². The van der Waals surface area contributed by atoms with E-state index in [-0.39, 0.29) is 22.1 Å². The molecule has 3 rings (SSSR count). The third-order valence-corrected chi connectivity index (χ3v) is 5.51. The number of pyridine rings is 1. The van der Waals surface area contributed by atoms with Crippen molar-refractivity contribution >= 4 is 39.6 Å². The number of halogens is 4. The molecule has 37 heavy (non-hydrogen) atoms. The molecular formula is C26H25ClF3N7. The van der Waals surface area contributed by atoms with Crippen molar-refractivity contribution in [2.45, 2.75) is 26.4 Å². The van der Waals surface area contributed by atoms with E-state index in [0.717, 1.165) is 6.20 Å². The van der Waals surface area contributed by atoms with Crippen LogP contribution in [0, 0.1) is 0 Å². The van der Waals surface area contributed by atoms with Gasteiger partial charge in [-0.1, -0.05) is 56.0 Å². The first-order valence-electron chi connectivity index (χ1n) is 11.1. The number of hydrogen-bond acceptors (Lipinski definition) is 6. The average Bonchev–Trinajstić information content (AvgIpc) is 3.41. The Morgan fingerprint density at radius 3 is 2.49 bits per heavy atom. The minimum atomic E-state index is -4.84. The standard InChI is InChI=1S/C26H25ClF3N7/c1-5-18(13-22(27)17(4)37-32-11-12-33-37)34-16(3)21(15-31)25(26(28,29)30)36-24-14-19(6-2)35-23-10-8-7-9-20(23)24/h5,7-15,34H,3-4,6,31H2,1-2H3/b18-5+,21-15?,22-13+,36-25?. The second-order valence-corrected chi connectivity index (χ2v) is 8.05. The van der Waals surface area contributed by atoms with Crippen LogP contribution in [-0.4, -0.2) is 31.9 Å². The summed E-state index contributed by atoms with van der Waals surface area (Å²) in [6.07, 6.45) is 2.48. The first kappa shape index (κ1) is 27.4. The van der Waals surface area contributed by atoms with E-state index < -0.39 is 17.5 Å². The number of para-hydroxylation sites is 1. The highest BCUT2D eigenvalue weighted by atomic mass is 35.5. The molecule has 0 saturated heterocycles. The van der Waals surface area contributed by atoms with Crippen LogP contribution in [0.5, 0.6) is 0 Å². The van der Waals surface area contributed by atoms with Gasteiger partial charge in [0.2, 0.25) is 0 Å². The minimum absolute atomic E-state index is 0.124. The summed E-state index contributed by atoms with van der Waals surface area (Å²) < 4.78 is 42.9. The van der Waals surface area contributed by atoms with Gasteiger partial charge >= 0.3 is 6.18 Å². The maximum atomic E-state index is 14.3. The number of aryl methyl sites for hydroxylation is 1. The molecule has 0 spiro atoms. The van der Waals surface area contributed by atoms with E-state index in [9.17, 15) is 13.2 Å². The summed E-state index contributed by atoms with van der Waals surface area (Å²) in [5.41, 5.74) is 5.78. The lowest BCUT2D eigenvalue weighted by molar-refractivity contribution is -0.0581. The summed E-state index contributed by atoms with van der Waals surface area (Å²) in [4.78, 5) is 9.71. The highest BCUT2D eigenvalue weighted by Crippen LogP contribution is 2.32. The van der Waals surface area contributed by atoms with E-state index in [1.807, 2.05) is 6.92 Å². The zero-order valence-electron chi connectivity index (χ0n) is 20.2. The summed E-state index contributed by atoms with van der Waals surface area (Å²) in [7, 11) is 0. The molecule has 0 bridgehead atoms. The van der Waals surface area contributed by atoms with Gasteiger partial charge in [0, 0.05) is 34.2 Å². The molecule has 192 valence electrons. The molecule has 11 heteroatoms. The predicted molar refractivity (Wildman–Crippen MR) is 142 cm³/mol. The molecule has 0 saturated carbocycles. The van der Waals surface area contributed by atoms with Crippen molar-refractivity contribution < 1.29 is 13.2 Å².